The third-order valence-corrected chi connectivity index (χ3v) is 5.43. The van der Waals surface area contributed by atoms with Crippen molar-refractivity contribution in [1.82, 2.24) is 19.3 Å². The van der Waals surface area contributed by atoms with E-state index in [1.165, 1.54) is 16.6 Å². The smallest absolute Gasteiger partial charge is 0.330 e. The van der Waals surface area contributed by atoms with Gasteiger partial charge in [-0.15, -0.1) is 0 Å². The van der Waals surface area contributed by atoms with Crippen LogP contribution in [0.25, 0.3) is 0 Å². The third kappa shape index (κ3) is 4.97. The molecular formula is C22H28N6O4. The highest BCUT2D eigenvalue weighted by Crippen LogP contribution is 2.21. The molecule has 0 unspecified atom stereocenters. The van der Waals surface area contributed by atoms with Gasteiger partial charge in [-0.1, -0.05) is 30.3 Å². The summed E-state index contributed by atoms with van der Waals surface area (Å²) < 4.78 is 7.99. The largest absolute Gasteiger partial charge is 0.383 e. The maximum Gasteiger partial charge on any atom is 0.330 e. The Labute approximate surface area is 185 Å². The van der Waals surface area contributed by atoms with Crippen molar-refractivity contribution in [3.8, 4) is 0 Å². The fourth-order valence-corrected chi connectivity index (χ4v) is 3.47. The number of aromatic nitrogens is 4. The first-order valence-electron chi connectivity index (χ1n) is 10.3. The van der Waals surface area contributed by atoms with E-state index in [0.29, 0.717) is 6.42 Å². The molecule has 3 N–H and O–H groups in total. The Kier molecular flexibility index (Phi) is 7.26. The first-order chi connectivity index (χ1) is 15.3. The number of methoxy groups -OCH3 is 1. The molecule has 0 fully saturated rings. The molecule has 0 atom stereocenters. The van der Waals surface area contributed by atoms with Gasteiger partial charge in [0, 0.05) is 26.3 Å². The number of nitrogens with two attached hydrogens (primary N) is 1. The van der Waals surface area contributed by atoms with Crippen molar-refractivity contribution in [2.75, 3.05) is 24.4 Å². The zero-order valence-corrected chi connectivity index (χ0v) is 18.5. The zero-order chi connectivity index (χ0) is 23.3. The van der Waals surface area contributed by atoms with Crippen LogP contribution < -0.4 is 21.9 Å². The molecule has 2 heterocycles. The van der Waals surface area contributed by atoms with Crippen LogP contribution in [-0.4, -0.2) is 39.0 Å². The van der Waals surface area contributed by atoms with Gasteiger partial charge < -0.3 is 15.4 Å². The standard InChI is InChI=1S/C22H28N6O4/c1-15-17(13-24-26(15)2)9-10-18(29)28(14-16-7-5-4-6-8-16)19-20(23)27(11-12-32-3)22(31)25-21(19)30/h4-8,13H,9-12,14,23H2,1-3H3,(H,25,30,31). The quantitative estimate of drug-likeness (QED) is 0.510. The molecule has 0 aliphatic rings. The maximum absolute atomic E-state index is 13.3. The molecule has 1 aromatic carbocycles. The molecule has 0 aliphatic heterocycles. The van der Waals surface area contributed by atoms with Crippen molar-refractivity contribution in [2.45, 2.75) is 32.9 Å². The predicted octanol–water partition coefficient (Wildman–Crippen LogP) is 0.973. The van der Waals surface area contributed by atoms with Gasteiger partial charge in [0.25, 0.3) is 5.56 Å². The van der Waals surface area contributed by atoms with E-state index in [-0.39, 0.29) is 43.5 Å². The maximum atomic E-state index is 13.3. The van der Waals surface area contributed by atoms with E-state index < -0.39 is 11.2 Å². The molecule has 1 amide bonds. The van der Waals surface area contributed by atoms with E-state index in [2.05, 4.69) is 10.1 Å². The van der Waals surface area contributed by atoms with Crippen molar-refractivity contribution in [3.63, 3.8) is 0 Å². The Morgan fingerprint density at radius 2 is 1.97 bits per heavy atom. The highest BCUT2D eigenvalue weighted by Gasteiger charge is 2.24. The van der Waals surface area contributed by atoms with Crippen LogP contribution in [-0.2, 0) is 36.1 Å². The molecule has 2 aromatic heterocycles. The molecule has 3 aromatic rings. The van der Waals surface area contributed by atoms with Gasteiger partial charge in [-0.25, -0.2) is 4.79 Å². The number of benzene rings is 1. The van der Waals surface area contributed by atoms with Crippen LogP contribution >= 0.6 is 0 Å². The van der Waals surface area contributed by atoms with E-state index in [1.54, 1.807) is 10.9 Å². The average Bonchev–Trinajstić information content (AvgIpc) is 3.09. The SMILES string of the molecule is COCCn1c(N)c(N(Cc2ccccc2)C(=O)CCc2cnn(C)c2C)c(=O)[nH]c1=O. The van der Waals surface area contributed by atoms with E-state index in [0.717, 1.165) is 16.8 Å². The minimum absolute atomic E-state index is 0.0440. The number of ether oxygens (including phenoxy) is 1. The van der Waals surface area contributed by atoms with Gasteiger partial charge in [0.2, 0.25) is 5.91 Å². The number of carbonyl (C=O) groups is 1. The van der Waals surface area contributed by atoms with Crippen molar-refractivity contribution in [2.24, 2.45) is 7.05 Å². The first-order valence-corrected chi connectivity index (χ1v) is 10.3. The Morgan fingerprint density at radius 3 is 2.59 bits per heavy atom. The molecule has 0 radical (unpaired) electrons. The van der Waals surface area contributed by atoms with Crippen LogP contribution in [0.15, 0.2) is 46.1 Å². The molecule has 0 spiro atoms. The van der Waals surface area contributed by atoms with Gasteiger partial charge in [0.1, 0.15) is 5.82 Å². The second-order valence-corrected chi connectivity index (χ2v) is 7.48. The normalized spacial score (nSPS) is 11.0. The number of nitrogens with one attached hydrogen (secondary N) is 1. The minimum Gasteiger partial charge on any atom is -0.383 e. The van der Waals surface area contributed by atoms with E-state index in [1.807, 2.05) is 44.3 Å². The molecule has 3 rings (SSSR count). The van der Waals surface area contributed by atoms with Crippen molar-refractivity contribution in [1.29, 1.82) is 0 Å². The molecule has 0 saturated carbocycles. The first kappa shape index (κ1) is 23.0. The average molecular weight is 441 g/mol. The minimum atomic E-state index is -0.706. The third-order valence-electron chi connectivity index (χ3n) is 5.43. The Bertz CT molecular complexity index is 1200. The summed E-state index contributed by atoms with van der Waals surface area (Å²) in [5, 5.41) is 4.21. The summed E-state index contributed by atoms with van der Waals surface area (Å²) in [6, 6.07) is 9.29. The second kappa shape index (κ2) is 10.1. The number of carbonyl (C=O) groups excluding carboxylic acids is 1. The van der Waals surface area contributed by atoms with Crippen LogP contribution in [0.2, 0.25) is 0 Å². The Morgan fingerprint density at radius 1 is 1.25 bits per heavy atom. The summed E-state index contributed by atoms with van der Waals surface area (Å²) in [7, 11) is 3.34. The van der Waals surface area contributed by atoms with Gasteiger partial charge >= 0.3 is 5.69 Å². The highest BCUT2D eigenvalue weighted by atomic mass is 16.5. The topological polar surface area (TPSA) is 128 Å². The second-order valence-electron chi connectivity index (χ2n) is 7.48. The van der Waals surface area contributed by atoms with Gasteiger partial charge in [-0.05, 0) is 24.5 Å². The number of hydrogen-bond acceptors (Lipinski definition) is 6. The van der Waals surface area contributed by atoms with Crippen molar-refractivity contribution >= 4 is 17.4 Å². The molecular weight excluding hydrogens is 412 g/mol. The number of aryl methyl sites for hydroxylation is 2. The molecule has 170 valence electrons. The summed E-state index contributed by atoms with van der Waals surface area (Å²) in [6.45, 7) is 2.44. The van der Waals surface area contributed by atoms with E-state index in [4.69, 9.17) is 10.5 Å². The summed E-state index contributed by atoms with van der Waals surface area (Å²) in [6.07, 6.45) is 2.34. The van der Waals surface area contributed by atoms with Crippen LogP contribution in [0.3, 0.4) is 0 Å². The number of aromatic amines is 1. The lowest BCUT2D eigenvalue weighted by atomic mass is 10.1. The van der Waals surface area contributed by atoms with Gasteiger partial charge in [0.15, 0.2) is 5.69 Å². The Hall–Kier alpha value is -3.66. The van der Waals surface area contributed by atoms with E-state index >= 15 is 0 Å². The monoisotopic (exact) mass is 440 g/mol. The molecule has 10 nitrogen and oxygen atoms in total. The molecule has 0 aliphatic carbocycles. The van der Waals surface area contributed by atoms with Gasteiger partial charge in [0.05, 0.1) is 25.9 Å². The number of rotatable bonds is 9. The molecule has 32 heavy (non-hydrogen) atoms. The lowest BCUT2D eigenvalue weighted by molar-refractivity contribution is -0.118. The van der Waals surface area contributed by atoms with Crippen molar-refractivity contribution < 1.29 is 9.53 Å². The Balaban J connectivity index is 1.99. The predicted molar refractivity (Wildman–Crippen MR) is 122 cm³/mol. The number of hydrogen-bond donors (Lipinski definition) is 2. The van der Waals surface area contributed by atoms with Gasteiger partial charge in [-0.3, -0.25) is 23.8 Å². The van der Waals surface area contributed by atoms with Crippen molar-refractivity contribution in [3.05, 3.63) is 74.2 Å². The fourth-order valence-electron chi connectivity index (χ4n) is 3.47. The van der Waals surface area contributed by atoms with E-state index in [9.17, 15) is 14.4 Å². The number of amides is 1. The fraction of sp³-hybridized carbons (Fsp3) is 0.364. The summed E-state index contributed by atoms with van der Waals surface area (Å²) in [4.78, 5) is 42.0. The van der Waals surface area contributed by atoms with Gasteiger partial charge in [-0.2, -0.15) is 5.10 Å². The van der Waals surface area contributed by atoms with Crippen LogP contribution in [0, 0.1) is 6.92 Å². The lowest BCUT2D eigenvalue weighted by Gasteiger charge is -2.25. The summed E-state index contributed by atoms with van der Waals surface area (Å²) >= 11 is 0. The lowest BCUT2D eigenvalue weighted by Crippen LogP contribution is -2.41. The number of nitrogen functional groups attached to an aromatic ring is 1. The van der Waals surface area contributed by atoms with Crippen LogP contribution in [0.5, 0.6) is 0 Å². The van der Waals surface area contributed by atoms with Crippen LogP contribution in [0.1, 0.15) is 23.2 Å². The number of anilines is 2. The zero-order valence-electron chi connectivity index (χ0n) is 18.5. The molecule has 0 saturated heterocycles. The number of nitrogens with zero attached hydrogens (tertiary/aromatic N) is 4. The summed E-state index contributed by atoms with van der Waals surface area (Å²) in [5.74, 6) is -0.358. The molecule has 10 heteroatoms. The molecule has 0 bridgehead atoms. The summed E-state index contributed by atoms with van der Waals surface area (Å²) in [5.41, 5.74) is 7.58. The highest BCUT2D eigenvalue weighted by molar-refractivity contribution is 5.95. The number of H-pyrrole nitrogens is 1. The van der Waals surface area contributed by atoms with Crippen LogP contribution in [0.4, 0.5) is 11.5 Å².